The van der Waals surface area contributed by atoms with E-state index < -0.39 is 0 Å². The number of hydrogen-bond donors (Lipinski definition) is 2. The summed E-state index contributed by atoms with van der Waals surface area (Å²) in [5.41, 5.74) is 3.30. The summed E-state index contributed by atoms with van der Waals surface area (Å²) in [5.74, 6) is 2.69. The minimum absolute atomic E-state index is 0. The third kappa shape index (κ3) is 5.37. The Bertz CT molecular complexity index is 922. The number of imidazole rings is 1. The van der Waals surface area contributed by atoms with Gasteiger partial charge in [-0.2, -0.15) is 0 Å². The van der Waals surface area contributed by atoms with Gasteiger partial charge in [0.05, 0.1) is 17.6 Å². The summed E-state index contributed by atoms with van der Waals surface area (Å²) < 4.78 is 7.90. The van der Waals surface area contributed by atoms with E-state index in [1.54, 1.807) is 7.05 Å². The van der Waals surface area contributed by atoms with E-state index in [4.69, 9.17) is 4.74 Å². The lowest BCUT2D eigenvalue weighted by molar-refractivity contribution is 0.336. The molecule has 0 aliphatic carbocycles. The number of aryl methyl sites for hydroxylation is 1. The Balaban J connectivity index is 0.00000280. The Morgan fingerprint density at radius 1 is 1.11 bits per heavy atom. The van der Waals surface area contributed by atoms with Crippen LogP contribution in [0.4, 0.5) is 0 Å². The molecule has 3 rings (SSSR count). The number of aliphatic imine (C=N–C) groups is 1. The van der Waals surface area contributed by atoms with Gasteiger partial charge in [0.2, 0.25) is 0 Å². The summed E-state index contributed by atoms with van der Waals surface area (Å²) in [6.07, 6.45) is 0. The normalized spacial score (nSPS) is 11.2. The predicted molar refractivity (Wildman–Crippen MR) is 126 cm³/mol. The highest BCUT2D eigenvalue weighted by Gasteiger charge is 2.07. The molecule has 0 bridgehead atoms. The molecule has 28 heavy (non-hydrogen) atoms. The van der Waals surface area contributed by atoms with Gasteiger partial charge in [-0.3, -0.25) is 4.99 Å². The number of guanidine groups is 1. The molecule has 6 nitrogen and oxygen atoms in total. The maximum Gasteiger partial charge on any atom is 0.191 e. The molecule has 3 aromatic rings. The van der Waals surface area contributed by atoms with Gasteiger partial charge in [0.1, 0.15) is 11.6 Å². The standard InChI is InChI=1S/C21H27N5O.HI/c1-4-27-20-12-8-5-9-17(20)15-24-21(22-3)23-13-14-26-16(2)25-18-10-6-7-11-19(18)26;/h5-12H,4,13-15H2,1-3H3,(H2,22,23,24);1H. The second-order valence-corrected chi connectivity index (χ2v) is 6.19. The minimum atomic E-state index is 0. The van der Waals surface area contributed by atoms with Crippen LogP contribution < -0.4 is 15.4 Å². The van der Waals surface area contributed by atoms with E-state index in [0.29, 0.717) is 13.2 Å². The number of rotatable bonds is 7. The van der Waals surface area contributed by atoms with Crippen LogP contribution in [0.2, 0.25) is 0 Å². The molecule has 150 valence electrons. The molecule has 1 heterocycles. The molecule has 0 aliphatic rings. The highest BCUT2D eigenvalue weighted by molar-refractivity contribution is 14.0. The van der Waals surface area contributed by atoms with Crippen LogP contribution in [-0.4, -0.2) is 35.7 Å². The first-order valence-corrected chi connectivity index (χ1v) is 9.30. The predicted octanol–water partition coefficient (Wildman–Crippen LogP) is 3.73. The molecular weight excluding hydrogens is 465 g/mol. The number of halogens is 1. The van der Waals surface area contributed by atoms with Crippen LogP contribution >= 0.6 is 24.0 Å². The van der Waals surface area contributed by atoms with Crippen LogP contribution in [0.5, 0.6) is 5.75 Å². The number of ether oxygens (including phenoxy) is 1. The number of fused-ring (bicyclic) bond motifs is 1. The monoisotopic (exact) mass is 493 g/mol. The Kier molecular flexibility index (Phi) is 8.56. The van der Waals surface area contributed by atoms with Gasteiger partial charge < -0.3 is 19.9 Å². The van der Waals surface area contributed by atoms with E-state index in [-0.39, 0.29) is 24.0 Å². The highest BCUT2D eigenvalue weighted by Crippen LogP contribution is 2.17. The van der Waals surface area contributed by atoms with Crippen LogP contribution in [0.1, 0.15) is 18.3 Å². The fourth-order valence-corrected chi connectivity index (χ4v) is 3.11. The van der Waals surface area contributed by atoms with Gasteiger partial charge in [-0.1, -0.05) is 30.3 Å². The van der Waals surface area contributed by atoms with Crippen molar-refractivity contribution in [1.29, 1.82) is 0 Å². The van der Waals surface area contributed by atoms with Gasteiger partial charge in [-0.05, 0) is 32.0 Å². The lowest BCUT2D eigenvalue weighted by Crippen LogP contribution is -2.38. The van der Waals surface area contributed by atoms with Crippen LogP contribution in [0.25, 0.3) is 11.0 Å². The van der Waals surface area contributed by atoms with Crippen molar-refractivity contribution < 1.29 is 4.74 Å². The molecule has 2 aromatic carbocycles. The van der Waals surface area contributed by atoms with Gasteiger partial charge in [-0.25, -0.2) is 4.98 Å². The first-order chi connectivity index (χ1) is 13.2. The third-order valence-electron chi connectivity index (χ3n) is 4.42. The van der Waals surface area contributed by atoms with Gasteiger partial charge in [0.25, 0.3) is 0 Å². The van der Waals surface area contributed by atoms with Crippen molar-refractivity contribution in [3.63, 3.8) is 0 Å². The number of para-hydroxylation sites is 3. The Morgan fingerprint density at radius 3 is 2.64 bits per heavy atom. The summed E-state index contributed by atoms with van der Waals surface area (Å²) in [6.45, 7) is 6.92. The second kappa shape index (κ2) is 10.9. The topological polar surface area (TPSA) is 63.5 Å². The summed E-state index contributed by atoms with van der Waals surface area (Å²) >= 11 is 0. The zero-order chi connectivity index (χ0) is 19.1. The molecule has 2 N–H and O–H groups in total. The van der Waals surface area contributed by atoms with Crippen LogP contribution in [0.15, 0.2) is 53.5 Å². The minimum Gasteiger partial charge on any atom is -0.494 e. The van der Waals surface area contributed by atoms with E-state index >= 15 is 0 Å². The van der Waals surface area contributed by atoms with Gasteiger partial charge >= 0.3 is 0 Å². The Labute approximate surface area is 183 Å². The number of benzene rings is 2. The zero-order valence-corrected chi connectivity index (χ0v) is 18.9. The fraction of sp³-hybridized carbons (Fsp3) is 0.333. The summed E-state index contributed by atoms with van der Waals surface area (Å²) in [7, 11) is 1.78. The molecule has 1 aromatic heterocycles. The molecule has 0 aliphatic heterocycles. The van der Waals surface area contributed by atoms with Gasteiger partial charge in [0.15, 0.2) is 5.96 Å². The van der Waals surface area contributed by atoms with Crippen molar-refractivity contribution in [3.05, 3.63) is 59.9 Å². The molecule has 0 atom stereocenters. The quantitative estimate of drug-likeness (QED) is 0.299. The lowest BCUT2D eigenvalue weighted by Gasteiger charge is -2.15. The Morgan fingerprint density at radius 2 is 1.86 bits per heavy atom. The number of nitrogens with one attached hydrogen (secondary N) is 2. The Hall–Kier alpha value is -2.29. The summed E-state index contributed by atoms with van der Waals surface area (Å²) in [6, 6.07) is 16.3. The first kappa shape index (κ1) is 22.0. The molecule has 0 saturated carbocycles. The van der Waals surface area contributed by atoms with Crippen LogP contribution in [0.3, 0.4) is 0 Å². The molecule has 0 unspecified atom stereocenters. The smallest absolute Gasteiger partial charge is 0.191 e. The number of hydrogen-bond acceptors (Lipinski definition) is 3. The average molecular weight is 493 g/mol. The van der Waals surface area contributed by atoms with E-state index in [9.17, 15) is 0 Å². The summed E-state index contributed by atoms with van der Waals surface area (Å²) in [4.78, 5) is 8.92. The van der Waals surface area contributed by atoms with Crippen LogP contribution in [-0.2, 0) is 13.1 Å². The molecular formula is C21H28IN5O. The molecule has 0 amide bonds. The third-order valence-corrected chi connectivity index (χ3v) is 4.42. The fourth-order valence-electron chi connectivity index (χ4n) is 3.11. The number of aromatic nitrogens is 2. The summed E-state index contributed by atoms with van der Waals surface area (Å²) in [5, 5.41) is 6.72. The van der Waals surface area contributed by atoms with E-state index in [1.807, 2.05) is 50.2 Å². The van der Waals surface area contributed by atoms with E-state index in [2.05, 4.69) is 37.3 Å². The molecule has 0 spiro atoms. The van der Waals surface area contributed by atoms with Crippen molar-refractivity contribution >= 4 is 41.0 Å². The van der Waals surface area contributed by atoms with Crippen molar-refractivity contribution in [2.24, 2.45) is 4.99 Å². The molecule has 0 saturated heterocycles. The first-order valence-electron chi connectivity index (χ1n) is 9.30. The average Bonchev–Trinajstić information content (AvgIpc) is 3.01. The molecule has 7 heteroatoms. The molecule has 0 radical (unpaired) electrons. The maximum absolute atomic E-state index is 5.68. The maximum atomic E-state index is 5.68. The largest absolute Gasteiger partial charge is 0.494 e. The highest BCUT2D eigenvalue weighted by atomic mass is 127. The van der Waals surface area contributed by atoms with Crippen molar-refractivity contribution in [3.8, 4) is 5.75 Å². The van der Waals surface area contributed by atoms with E-state index in [0.717, 1.165) is 47.2 Å². The second-order valence-electron chi connectivity index (χ2n) is 6.19. The van der Waals surface area contributed by atoms with E-state index in [1.165, 1.54) is 0 Å². The lowest BCUT2D eigenvalue weighted by atomic mass is 10.2. The van der Waals surface area contributed by atoms with Crippen molar-refractivity contribution in [1.82, 2.24) is 20.2 Å². The van der Waals surface area contributed by atoms with Crippen molar-refractivity contribution in [2.45, 2.75) is 26.9 Å². The molecule has 0 fully saturated rings. The zero-order valence-electron chi connectivity index (χ0n) is 16.6. The number of nitrogens with zero attached hydrogens (tertiary/aromatic N) is 3. The van der Waals surface area contributed by atoms with Crippen LogP contribution in [0, 0.1) is 6.92 Å². The van der Waals surface area contributed by atoms with Gasteiger partial charge in [-0.15, -0.1) is 24.0 Å². The van der Waals surface area contributed by atoms with Crippen molar-refractivity contribution in [2.75, 3.05) is 20.2 Å². The van der Waals surface area contributed by atoms with Gasteiger partial charge in [0, 0.05) is 32.2 Å². The SMILES string of the molecule is CCOc1ccccc1CNC(=NC)NCCn1c(C)nc2ccccc21.I.